The van der Waals surface area contributed by atoms with Crippen molar-refractivity contribution in [2.24, 2.45) is 5.73 Å². The molecule has 0 spiro atoms. The van der Waals surface area contributed by atoms with E-state index >= 15 is 0 Å². The van der Waals surface area contributed by atoms with Crippen LogP contribution in [0.4, 0.5) is 0 Å². The maximum absolute atomic E-state index is 6.50. The SMILES string of the molecule is C=Cc1nccnc1CC(OC1CCC(N)CC1)N1CCOCC1. The van der Waals surface area contributed by atoms with Crippen LogP contribution in [0.25, 0.3) is 6.08 Å². The average Bonchev–Trinajstić information content (AvgIpc) is 2.64. The summed E-state index contributed by atoms with van der Waals surface area (Å²) >= 11 is 0. The lowest BCUT2D eigenvalue weighted by atomic mass is 9.93. The number of morpholine rings is 1. The second kappa shape index (κ2) is 8.67. The Kier molecular flexibility index (Phi) is 6.31. The third-order valence-corrected chi connectivity index (χ3v) is 4.89. The van der Waals surface area contributed by atoms with E-state index in [2.05, 4.69) is 21.4 Å². The van der Waals surface area contributed by atoms with Crippen LogP contribution in [0.2, 0.25) is 0 Å². The molecule has 2 aliphatic rings. The maximum atomic E-state index is 6.50. The number of hydrogen-bond donors (Lipinski definition) is 1. The van der Waals surface area contributed by atoms with Gasteiger partial charge in [-0.05, 0) is 31.8 Å². The van der Waals surface area contributed by atoms with Gasteiger partial charge in [-0.1, -0.05) is 6.58 Å². The van der Waals surface area contributed by atoms with E-state index < -0.39 is 0 Å². The molecule has 6 nitrogen and oxygen atoms in total. The van der Waals surface area contributed by atoms with E-state index in [1.807, 2.05) is 0 Å². The Labute approximate surface area is 144 Å². The van der Waals surface area contributed by atoms with Crippen LogP contribution < -0.4 is 5.73 Å². The standard InChI is InChI=1S/C18H28N4O2/c1-2-16-17(21-8-7-20-16)13-18(22-9-11-23-12-10-22)24-15-5-3-14(19)4-6-15/h2,7-8,14-15,18H,1,3-6,9-13,19H2. The van der Waals surface area contributed by atoms with Crippen molar-refractivity contribution in [2.75, 3.05) is 26.3 Å². The van der Waals surface area contributed by atoms with Gasteiger partial charge in [0.05, 0.1) is 30.7 Å². The highest BCUT2D eigenvalue weighted by Crippen LogP contribution is 2.24. The van der Waals surface area contributed by atoms with Crippen molar-refractivity contribution in [2.45, 2.75) is 50.5 Å². The smallest absolute Gasteiger partial charge is 0.116 e. The number of nitrogens with zero attached hydrogens (tertiary/aromatic N) is 3. The highest BCUT2D eigenvalue weighted by atomic mass is 16.5. The Morgan fingerprint density at radius 3 is 2.67 bits per heavy atom. The largest absolute Gasteiger partial charge is 0.379 e. The molecule has 1 aromatic heterocycles. The lowest BCUT2D eigenvalue weighted by Gasteiger charge is -2.38. The first kappa shape index (κ1) is 17.5. The molecular weight excluding hydrogens is 304 g/mol. The minimum Gasteiger partial charge on any atom is -0.379 e. The minimum absolute atomic E-state index is 0.00336. The molecule has 0 radical (unpaired) electrons. The highest BCUT2D eigenvalue weighted by molar-refractivity contribution is 5.44. The van der Waals surface area contributed by atoms with E-state index in [1.165, 1.54) is 0 Å². The van der Waals surface area contributed by atoms with Gasteiger partial charge < -0.3 is 15.2 Å². The molecule has 3 rings (SSSR count). The molecule has 1 aromatic rings. The molecule has 2 N–H and O–H groups in total. The quantitative estimate of drug-likeness (QED) is 0.853. The summed E-state index contributed by atoms with van der Waals surface area (Å²) in [5, 5.41) is 0. The lowest BCUT2D eigenvalue weighted by molar-refractivity contribution is -0.132. The molecule has 132 valence electrons. The van der Waals surface area contributed by atoms with Crippen molar-refractivity contribution >= 4 is 6.08 Å². The van der Waals surface area contributed by atoms with Crippen LogP contribution >= 0.6 is 0 Å². The third-order valence-electron chi connectivity index (χ3n) is 4.89. The average molecular weight is 332 g/mol. The molecule has 1 atom stereocenters. The Hall–Kier alpha value is -1.34. The van der Waals surface area contributed by atoms with E-state index in [1.54, 1.807) is 18.5 Å². The Balaban J connectivity index is 1.70. The number of hydrogen-bond acceptors (Lipinski definition) is 6. The topological polar surface area (TPSA) is 73.5 Å². The maximum Gasteiger partial charge on any atom is 0.116 e. The molecule has 1 saturated heterocycles. The van der Waals surface area contributed by atoms with Gasteiger partial charge in [0.25, 0.3) is 0 Å². The van der Waals surface area contributed by atoms with Crippen LogP contribution in [-0.2, 0) is 15.9 Å². The molecular formula is C18H28N4O2. The van der Waals surface area contributed by atoms with Gasteiger partial charge in [-0.15, -0.1) is 0 Å². The molecule has 24 heavy (non-hydrogen) atoms. The van der Waals surface area contributed by atoms with Crippen molar-refractivity contribution < 1.29 is 9.47 Å². The van der Waals surface area contributed by atoms with Crippen LogP contribution in [0.15, 0.2) is 19.0 Å². The third kappa shape index (κ3) is 4.60. The zero-order valence-electron chi connectivity index (χ0n) is 14.3. The van der Waals surface area contributed by atoms with Gasteiger partial charge >= 0.3 is 0 Å². The molecule has 0 bridgehead atoms. The highest BCUT2D eigenvalue weighted by Gasteiger charge is 2.28. The van der Waals surface area contributed by atoms with Crippen molar-refractivity contribution in [1.29, 1.82) is 0 Å². The van der Waals surface area contributed by atoms with Crippen LogP contribution in [-0.4, -0.2) is 59.5 Å². The Morgan fingerprint density at radius 1 is 1.25 bits per heavy atom. The van der Waals surface area contributed by atoms with Crippen LogP contribution in [0.5, 0.6) is 0 Å². The number of aromatic nitrogens is 2. The van der Waals surface area contributed by atoms with Crippen LogP contribution in [0.1, 0.15) is 37.1 Å². The van der Waals surface area contributed by atoms with Gasteiger partial charge in [0, 0.05) is 37.9 Å². The fraction of sp³-hybridized carbons (Fsp3) is 0.667. The number of nitrogens with two attached hydrogens (primary N) is 1. The van der Waals surface area contributed by atoms with Crippen LogP contribution in [0, 0.1) is 0 Å². The van der Waals surface area contributed by atoms with E-state index in [4.69, 9.17) is 15.2 Å². The van der Waals surface area contributed by atoms with Crippen LogP contribution in [0.3, 0.4) is 0 Å². The van der Waals surface area contributed by atoms with Gasteiger partial charge in [-0.25, -0.2) is 0 Å². The van der Waals surface area contributed by atoms with Crippen molar-refractivity contribution in [1.82, 2.24) is 14.9 Å². The summed E-state index contributed by atoms with van der Waals surface area (Å²) in [4.78, 5) is 11.2. The first-order valence-electron chi connectivity index (χ1n) is 8.91. The fourth-order valence-electron chi connectivity index (χ4n) is 3.45. The zero-order chi connectivity index (χ0) is 16.8. The van der Waals surface area contributed by atoms with Crippen molar-refractivity contribution in [3.63, 3.8) is 0 Å². The molecule has 2 heterocycles. The van der Waals surface area contributed by atoms with Gasteiger partial charge in [0.2, 0.25) is 0 Å². The molecule has 1 unspecified atom stereocenters. The molecule has 1 saturated carbocycles. The second-order valence-electron chi connectivity index (χ2n) is 6.57. The van der Waals surface area contributed by atoms with E-state index in [0.717, 1.165) is 69.8 Å². The van der Waals surface area contributed by atoms with Gasteiger partial charge in [-0.3, -0.25) is 14.9 Å². The van der Waals surface area contributed by atoms with Gasteiger partial charge in [-0.2, -0.15) is 0 Å². The zero-order valence-corrected chi connectivity index (χ0v) is 14.3. The first-order valence-corrected chi connectivity index (χ1v) is 8.91. The summed E-state index contributed by atoms with van der Waals surface area (Å²) < 4.78 is 12.0. The number of rotatable bonds is 6. The summed E-state index contributed by atoms with van der Waals surface area (Å²) in [6, 6.07) is 0.332. The Bertz CT molecular complexity index is 526. The summed E-state index contributed by atoms with van der Waals surface area (Å²) in [6.45, 7) is 7.13. The summed E-state index contributed by atoms with van der Waals surface area (Å²) in [5.74, 6) is 0. The first-order chi connectivity index (χ1) is 11.8. The predicted octanol–water partition coefficient (Wildman–Crippen LogP) is 1.61. The second-order valence-corrected chi connectivity index (χ2v) is 6.57. The van der Waals surface area contributed by atoms with E-state index in [0.29, 0.717) is 6.04 Å². The van der Waals surface area contributed by atoms with Crippen molar-refractivity contribution in [3.8, 4) is 0 Å². The number of ether oxygens (including phenoxy) is 2. The Morgan fingerprint density at radius 2 is 1.96 bits per heavy atom. The van der Waals surface area contributed by atoms with Crippen molar-refractivity contribution in [3.05, 3.63) is 30.4 Å². The summed E-state index contributed by atoms with van der Waals surface area (Å²) in [6.07, 6.45) is 10.4. The monoisotopic (exact) mass is 332 g/mol. The summed E-state index contributed by atoms with van der Waals surface area (Å²) in [5.41, 5.74) is 7.80. The summed E-state index contributed by atoms with van der Waals surface area (Å²) in [7, 11) is 0. The minimum atomic E-state index is 0.00336. The molecule has 0 amide bonds. The lowest BCUT2D eigenvalue weighted by Crippen LogP contribution is -2.48. The van der Waals surface area contributed by atoms with Gasteiger partial charge in [0.1, 0.15) is 6.23 Å². The predicted molar refractivity (Wildman–Crippen MR) is 93.3 cm³/mol. The fourth-order valence-corrected chi connectivity index (χ4v) is 3.45. The molecule has 0 aromatic carbocycles. The molecule has 2 fully saturated rings. The molecule has 1 aliphatic heterocycles. The molecule has 1 aliphatic carbocycles. The normalized spacial score (nSPS) is 26.9. The molecule has 6 heteroatoms. The van der Waals surface area contributed by atoms with E-state index in [-0.39, 0.29) is 12.3 Å². The van der Waals surface area contributed by atoms with Gasteiger partial charge in [0.15, 0.2) is 0 Å². The van der Waals surface area contributed by atoms with E-state index in [9.17, 15) is 0 Å².